The van der Waals surface area contributed by atoms with E-state index in [2.05, 4.69) is 59.6 Å². The molecule has 2 heterocycles. The predicted octanol–water partition coefficient (Wildman–Crippen LogP) is 6.00. The molecule has 0 aliphatic carbocycles. The van der Waals surface area contributed by atoms with Crippen LogP contribution in [-0.2, 0) is 7.05 Å². The summed E-state index contributed by atoms with van der Waals surface area (Å²) in [7, 11) is 2.03. The van der Waals surface area contributed by atoms with Crippen LogP contribution in [0.3, 0.4) is 0 Å². The van der Waals surface area contributed by atoms with Crippen molar-refractivity contribution in [2.24, 2.45) is 17.0 Å². The van der Waals surface area contributed by atoms with Gasteiger partial charge < -0.3 is 4.57 Å². The third kappa shape index (κ3) is 3.87. The smallest absolute Gasteiger partial charge is 0.0958 e. The van der Waals surface area contributed by atoms with E-state index in [-0.39, 0.29) is 0 Å². The van der Waals surface area contributed by atoms with E-state index in [9.17, 15) is 0 Å². The largest absolute Gasteiger partial charge is 0.342 e. The topological polar surface area (TPSA) is 42.5 Å². The summed E-state index contributed by atoms with van der Waals surface area (Å²) in [6, 6.07) is 18.5. The fourth-order valence-electron chi connectivity index (χ4n) is 3.64. The highest BCUT2D eigenvalue weighted by molar-refractivity contribution is 5.92. The van der Waals surface area contributed by atoms with Crippen molar-refractivity contribution >= 4 is 34.7 Å². The predicted molar refractivity (Wildman–Crippen MR) is 122 cm³/mol. The van der Waals surface area contributed by atoms with E-state index in [1.807, 2.05) is 49.8 Å². The molecule has 0 saturated carbocycles. The lowest BCUT2D eigenvalue weighted by Gasteiger charge is -2.06. The molecule has 0 atom stereocenters. The van der Waals surface area contributed by atoms with Crippen molar-refractivity contribution in [3.05, 3.63) is 88.9 Å². The molecule has 144 valence electrons. The molecule has 0 bridgehead atoms. The molecule has 0 radical (unpaired) electrons. The SMILES string of the molecule is Cc1cc(C)c(N=Cc2ccc(C=Nc3cccc4cccnc34)n2C)c(C)c1. The molecule has 0 saturated heterocycles. The van der Waals surface area contributed by atoms with Gasteiger partial charge in [-0.2, -0.15) is 0 Å². The summed E-state index contributed by atoms with van der Waals surface area (Å²) in [5.41, 5.74) is 8.50. The number of pyridine rings is 1. The average molecular weight is 380 g/mol. The van der Waals surface area contributed by atoms with Crippen molar-refractivity contribution < 1.29 is 0 Å². The molecule has 4 aromatic rings. The lowest BCUT2D eigenvalue weighted by Crippen LogP contribution is -1.99. The van der Waals surface area contributed by atoms with Crippen LogP contribution in [0.2, 0.25) is 0 Å². The highest BCUT2D eigenvalue weighted by Crippen LogP contribution is 2.25. The first-order chi connectivity index (χ1) is 14.0. The second-order valence-corrected chi connectivity index (χ2v) is 7.36. The number of rotatable bonds is 4. The fraction of sp³-hybridized carbons (Fsp3) is 0.160. The first-order valence-electron chi connectivity index (χ1n) is 9.68. The molecular weight excluding hydrogens is 356 g/mol. The highest BCUT2D eigenvalue weighted by Gasteiger charge is 2.05. The first-order valence-corrected chi connectivity index (χ1v) is 9.68. The zero-order chi connectivity index (χ0) is 20.4. The quantitative estimate of drug-likeness (QED) is 0.400. The minimum atomic E-state index is 0.866. The van der Waals surface area contributed by atoms with Crippen LogP contribution in [0.15, 0.2) is 70.8 Å². The summed E-state index contributed by atoms with van der Waals surface area (Å²) < 4.78 is 2.09. The maximum Gasteiger partial charge on any atom is 0.0958 e. The molecule has 0 fully saturated rings. The van der Waals surface area contributed by atoms with Gasteiger partial charge in [-0.1, -0.05) is 35.9 Å². The monoisotopic (exact) mass is 380 g/mol. The molecule has 2 aromatic carbocycles. The molecule has 0 aliphatic rings. The van der Waals surface area contributed by atoms with Gasteiger partial charge >= 0.3 is 0 Å². The van der Waals surface area contributed by atoms with E-state index in [1.54, 1.807) is 6.20 Å². The summed E-state index contributed by atoms with van der Waals surface area (Å²) in [5.74, 6) is 0. The second kappa shape index (κ2) is 7.84. The van der Waals surface area contributed by atoms with Crippen LogP contribution in [0, 0.1) is 20.8 Å². The van der Waals surface area contributed by atoms with Gasteiger partial charge in [0.15, 0.2) is 0 Å². The lowest BCUT2D eigenvalue weighted by atomic mass is 10.1. The fourth-order valence-corrected chi connectivity index (χ4v) is 3.64. The van der Waals surface area contributed by atoms with Gasteiger partial charge in [0.25, 0.3) is 0 Å². The molecule has 29 heavy (non-hydrogen) atoms. The molecule has 0 N–H and O–H groups in total. The summed E-state index contributed by atoms with van der Waals surface area (Å²) >= 11 is 0. The Morgan fingerprint density at radius 1 is 0.828 bits per heavy atom. The molecule has 2 aromatic heterocycles. The van der Waals surface area contributed by atoms with Gasteiger partial charge in [0.05, 0.1) is 40.7 Å². The standard InChI is InChI=1S/C25H24N4/c1-17-13-18(2)24(19(3)14-17)28-16-22-11-10-21(29(22)4)15-27-23-9-5-7-20-8-6-12-26-25(20)23/h5-16H,1-4H3. The Hall–Kier alpha value is -3.53. The van der Waals surface area contributed by atoms with Crippen molar-refractivity contribution in [2.75, 3.05) is 0 Å². The third-order valence-corrected chi connectivity index (χ3v) is 5.11. The van der Waals surface area contributed by atoms with E-state index < -0.39 is 0 Å². The van der Waals surface area contributed by atoms with Crippen LogP contribution in [-0.4, -0.2) is 22.0 Å². The number of hydrogen-bond acceptors (Lipinski definition) is 3. The summed E-state index contributed by atoms with van der Waals surface area (Å²) in [4.78, 5) is 13.9. The van der Waals surface area contributed by atoms with Crippen molar-refractivity contribution in [1.29, 1.82) is 0 Å². The molecule has 0 spiro atoms. The van der Waals surface area contributed by atoms with Gasteiger partial charge in [-0.15, -0.1) is 0 Å². The first kappa shape index (κ1) is 18.8. The zero-order valence-electron chi connectivity index (χ0n) is 17.2. The third-order valence-electron chi connectivity index (χ3n) is 5.11. The Morgan fingerprint density at radius 3 is 2.21 bits per heavy atom. The Kier molecular flexibility index (Phi) is 5.09. The number of aliphatic imine (C=N–C) groups is 2. The van der Waals surface area contributed by atoms with Crippen LogP contribution >= 0.6 is 0 Å². The van der Waals surface area contributed by atoms with Gasteiger partial charge in [-0.25, -0.2) is 0 Å². The minimum Gasteiger partial charge on any atom is -0.342 e. The summed E-state index contributed by atoms with van der Waals surface area (Å²) in [6.45, 7) is 6.32. The maximum atomic E-state index is 4.75. The van der Waals surface area contributed by atoms with Gasteiger partial charge in [0.2, 0.25) is 0 Å². The van der Waals surface area contributed by atoms with E-state index in [4.69, 9.17) is 4.99 Å². The van der Waals surface area contributed by atoms with Crippen molar-refractivity contribution in [1.82, 2.24) is 9.55 Å². The van der Waals surface area contributed by atoms with Crippen molar-refractivity contribution in [3.8, 4) is 0 Å². The second-order valence-electron chi connectivity index (χ2n) is 7.36. The number of hydrogen-bond donors (Lipinski definition) is 0. The summed E-state index contributed by atoms with van der Waals surface area (Å²) in [5, 5.41) is 1.09. The van der Waals surface area contributed by atoms with Crippen LogP contribution < -0.4 is 0 Å². The Bertz CT molecular complexity index is 1220. The molecule has 4 heteroatoms. The van der Waals surface area contributed by atoms with Crippen molar-refractivity contribution in [3.63, 3.8) is 0 Å². The number of benzene rings is 2. The van der Waals surface area contributed by atoms with Gasteiger partial charge in [-0.05, 0) is 56.2 Å². The van der Waals surface area contributed by atoms with Gasteiger partial charge in [0.1, 0.15) is 0 Å². The van der Waals surface area contributed by atoms with E-state index in [0.717, 1.165) is 33.7 Å². The Labute approximate surface area is 171 Å². The lowest BCUT2D eigenvalue weighted by molar-refractivity contribution is 0.909. The van der Waals surface area contributed by atoms with E-state index in [0.29, 0.717) is 0 Å². The van der Waals surface area contributed by atoms with E-state index in [1.165, 1.54) is 16.7 Å². The highest BCUT2D eigenvalue weighted by atomic mass is 15.0. The molecular formula is C25H24N4. The number of aromatic nitrogens is 2. The number of aryl methyl sites for hydroxylation is 3. The number of fused-ring (bicyclic) bond motifs is 1. The molecule has 4 rings (SSSR count). The van der Waals surface area contributed by atoms with Crippen LogP contribution in [0.5, 0.6) is 0 Å². The zero-order valence-corrected chi connectivity index (χ0v) is 17.2. The minimum absolute atomic E-state index is 0.866. The molecule has 0 aliphatic heterocycles. The van der Waals surface area contributed by atoms with Gasteiger partial charge in [0, 0.05) is 18.6 Å². The number of nitrogens with zero attached hydrogens (tertiary/aromatic N) is 4. The van der Waals surface area contributed by atoms with Crippen LogP contribution in [0.25, 0.3) is 10.9 Å². The number of para-hydroxylation sites is 1. The Balaban J connectivity index is 1.61. The normalized spacial score (nSPS) is 11.9. The van der Waals surface area contributed by atoms with E-state index >= 15 is 0 Å². The molecule has 0 unspecified atom stereocenters. The molecule has 4 nitrogen and oxygen atoms in total. The van der Waals surface area contributed by atoms with Crippen molar-refractivity contribution in [2.45, 2.75) is 20.8 Å². The van der Waals surface area contributed by atoms with Crippen LogP contribution in [0.1, 0.15) is 28.1 Å². The van der Waals surface area contributed by atoms with Crippen LogP contribution in [0.4, 0.5) is 11.4 Å². The summed E-state index contributed by atoms with van der Waals surface area (Å²) in [6.07, 6.45) is 5.60. The van der Waals surface area contributed by atoms with Gasteiger partial charge in [-0.3, -0.25) is 15.0 Å². The Morgan fingerprint density at radius 2 is 1.48 bits per heavy atom. The maximum absolute atomic E-state index is 4.75. The molecule has 0 amide bonds. The average Bonchev–Trinajstić information content (AvgIpc) is 3.05.